The molecule has 1 fully saturated rings. The van der Waals surface area contributed by atoms with E-state index in [1.54, 1.807) is 19.1 Å². The van der Waals surface area contributed by atoms with Crippen molar-refractivity contribution in [1.82, 2.24) is 4.90 Å². The normalized spacial score (nSPS) is 15.7. The van der Waals surface area contributed by atoms with Crippen molar-refractivity contribution in [2.75, 3.05) is 27.4 Å². The van der Waals surface area contributed by atoms with E-state index in [1.807, 2.05) is 57.2 Å². The van der Waals surface area contributed by atoms with Crippen molar-refractivity contribution >= 4 is 17.7 Å². The smallest absolute Gasteiger partial charge is 0.329 e. The highest BCUT2D eigenvalue weighted by Gasteiger charge is 2.38. The molecule has 0 aromatic heterocycles. The number of benzene rings is 3. The van der Waals surface area contributed by atoms with E-state index >= 15 is 0 Å². The first-order valence-electron chi connectivity index (χ1n) is 17.6. The second-order valence-electron chi connectivity index (χ2n) is 13.1. The summed E-state index contributed by atoms with van der Waals surface area (Å²) in [5.74, 6) is 0.876. The van der Waals surface area contributed by atoms with Crippen molar-refractivity contribution in [2.24, 2.45) is 0 Å². The molecule has 0 aliphatic carbocycles. The van der Waals surface area contributed by atoms with Crippen LogP contribution in [-0.4, -0.2) is 56.0 Å². The van der Waals surface area contributed by atoms with Gasteiger partial charge in [0.1, 0.15) is 24.5 Å². The second-order valence-corrected chi connectivity index (χ2v) is 13.1. The van der Waals surface area contributed by atoms with Crippen LogP contribution in [0.15, 0.2) is 54.6 Å². The van der Waals surface area contributed by atoms with Crippen molar-refractivity contribution in [1.29, 1.82) is 0 Å². The topological polar surface area (TPSA) is 91.4 Å². The van der Waals surface area contributed by atoms with Gasteiger partial charge in [-0.25, -0.2) is 4.79 Å². The van der Waals surface area contributed by atoms with Gasteiger partial charge in [0, 0.05) is 13.0 Å². The van der Waals surface area contributed by atoms with Gasteiger partial charge in [0.2, 0.25) is 5.91 Å². The van der Waals surface area contributed by atoms with Gasteiger partial charge < -0.3 is 23.8 Å². The third-order valence-corrected chi connectivity index (χ3v) is 9.54. The molecule has 0 bridgehead atoms. The minimum absolute atomic E-state index is 0.00171. The van der Waals surface area contributed by atoms with Crippen molar-refractivity contribution in [3.05, 3.63) is 88.0 Å². The Balaban J connectivity index is 1.59. The van der Waals surface area contributed by atoms with Gasteiger partial charge in [0.05, 0.1) is 20.1 Å². The van der Waals surface area contributed by atoms with E-state index in [2.05, 4.69) is 32.0 Å². The highest BCUT2D eigenvalue weighted by molar-refractivity contribution is 5.89. The Bertz CT molecular complexity index is 1600. The molecule has 49 heavy (non-hydrogen) atoms. The maximum atomic E-state index is 14.3. The molecule has 4 rings (SSSR count). The maximum Gasteiger partial charge on any atom is 0.329 e. The van der Waals surface area contributed by atoms with Crippen LogP contribution in [0.25, 0.3) is 0 Å². The van der Waals surface area contributed by atoms with Gasteiger partial charge >= 0.3 is 5.97 Å². The van der Waals surface area contributed by atoms with E-state index in [4.69, 9.17) is 18.9 Å². The van der Waals surface area contributed by atoms with Gasteiger partial charge in [0.25, 0.3) is 0 Å². The van der Waals surface area contributed by atoms with E-state index < -0.39 is 24.0 Å². The number of methoxy groups -OCH3 is 2. The molecule has 1 heterocycles. The number of carbonyl (C=O) groups excluding carboxylic acids is 3. The molecule has 8 nitrogen and oxygen atoms in total. The summed E-state index contributed by atoms with van der Waals surface area (Å²) >= 11 is 0. The molecule has 8 heteroatoms. The Kier molecular flexibility index (Phi) is 13.7. The first-order valence-corrected chi connectivity index (χ1v) is 17.6. The molecule has 1 aliphatic rings. The number of hydrogen-bond acceptors (Lipinski definition) is 7. The molecule has 0 radical (unpaired) electrons. The number of carbonyl (C=O) groups is 3. The number of likely N-dealkylation sites (tertiary alicyclic amines) is 1. The summed E-state index contributed by atoms with van der Waals surface area (Å²) in [5.41, 5.74) is 6.10. The summed E-state index contributed by atoms with van der Waals surface area (Å²) in [5, 5.41) is 0. The summed E-state index contributed by atoms with van der Waals surface area (Å²) in [6.45, 7) is 10.6. The van der Waals surface area contributed by atoms with Gasteiger partial charge in [-0.05, 0) is 117 Å². The molecule has 3 aromatic carbocycles. The van der Waals surface area contributed by atoms with Gasteiger partial charge in [-0.15, -0.1) is 0 Å². The number of rotatable bonds is 16. The maximum absolute atomic E-state index is 14.3. The minimum Gasteiger partial charge on any atom is -0.493 e. The molecule has 0 spiro atoms. The number of ether oxygens (including phenoxy) is 4. The highest BCUT2D eigenvalue weighted by atomic mass is 16.5. The molecule has 3 atom stereocenters. The summed E-state index contributed by atoms with van der Waals surface area (Å²) < 4.78 is 23.3. The van der Waals surface area contributed by atoms with E-state index in [-0.39, 0.29) is 18.3 Å². The first kappa shape index (κ1) is 37.5. The van der Waals surface area contributed by atoms with E-state index in [0.29, 0.717) is 55.9 Å². The van der Waals surface area contributed by atoms with Gasteiger partial charge in [-0.2, -0.15) is 0 Å². The number of aryl methyl sites for hydroxylation is 4. The minimum atomic E-state index is -0.688. The monoisotopic (exact) mass is 671 g/mol. The second kappa shape index (κ2) is 17.9. The molecule has 1 aliphatic heterocycles. The number of esters is 1. The highest BCUT2D eigenvalue weighted by Crippen LogP contribution is 2.37. The molecule has 0 saturated carbocycles. The summed E-state index contributed by atoms with van der Waals surface area (Å²) in [4.78, 5) is 42.3. The largest absolute Gasteiger partial charge is 0.493 e. The van der Waals surface area contributed by atoms with E-state index in [1.165, 1.54) is 11.1 Å². The van der Waals surface area contributed by atoms with Gasteiger partial charge in [-0.1, -0.05) is 50.2 Å². The van der Waals surface area contributed by atoms with Crippen molar-refractivity contribution < 1.29 is 33.3 Å². The van der Waals surface area contributed by atoms with Crippen LogP contribution in [0.4, 0.5) is 0 Å². The number of piperidine rings is 1. The zero-order valence-electron chi connectivity index (χ0n) is 30.3. The standard InChI is InChI=1S/C41H53NO7/c1-8-13-33(43)26-48-34-15-12-14-31(24-34)37(20-19-30-18-17-27(3)28(4)22-30)49-41(45)36-16-10-11-21-42(36)40(44)35(9-2)32-23-29(5)39(47-7)38(25-32)46-6/h12,14-15,17-18,22-25,35-37H,8-11,13,16,19-21,26H2,1-7H3/t35-,36?,37+/m0/s1. The lowest BCUT2D eigenvalue weighted by Gasteiger charge is -2.37. The van der Waals surface area contributed by atoms with Crippen LogP contribution in [-0.2, 0) is 25.5 Å². The number of amides is 1. The SMILES string of the molecule is CCCC(=O)COc1cccc([C@@H](CCc2ccc(C)c(C)c2)OC(=O)C2CCCCN2C(=O)[C@@H](CC)c2cc(C)c(OC)c(OC)c2)c1. The molecular weight excluding hydrogens is 618 g/mol. The fourth-order valence-electron chi connectivity index (χ4n) is 6.66. The lowest BCUT2D eigenvalue weighted by atomic mass is 9.91. The molecule has 0 N–H and O–H groups in total. The van der Waals surface area contributed by atoms with Gasteiger partial charge in [0.15, 0.2) is 17.3 Å². The predicted molar refractivity (Wildman–Crippen MR) is 192 cm³/mol. The molecule has 264 valence electrons. The van der Waals surface area contributed by atoms with Crippen LogP contribution >= 0.6 is 0 Å². The third kappa shape index (κ3) is 9.64. The Morgan fingerprint density at radius 1 is 0.878 bits per heavy atom. The average molecular weight is 672 g/mol. The lowest BCUT2D eigenvalue weighted by Crippen LogP contribution is -2.50. The Hall–Kier alpha value is -4.33. The lowest BCUT2D eigenvalue weighted by molar-refractivity contribution is -0.162. The molecular formula is C41H53NO7. The zero-order chi connectivity index (χ0) is 35.5. The average Bonchev–Trinajstić information content (AvgIpc) is 3.10. The van der Waals surface area contributed by atoms with Gasteiger partial charge in [-0.3, -0.25) is 9.59 Å². The number of hydrogen-bond donors (Lipinski definition) is 0. The summed E-state index contributed by atoms with van der Waals surface area (Å²) in [6, 6.07) is 17.0. The van der Waals surface area contributed by atoms with Crippen LogP contribution in [0.2, 0.25) is 0 Å². The number of ketones is 1. The van der Waals surface area contributed by atoms with Crippen LogP contribution in [0, 0.1) is 20.8 Å². The first-order chi connectivity index (χ1) is 23.6. The molecule has 1 unspecified atom stereocenters. The number of Topliss-reactive ketones (excluding diaryl/α,β-unsaturated/α-hetero) is 1. The van der Waals surface area contributed by atoms with Crippen molar-refractivity contribution in [3.8, 4) is 17.2 Å². The Labute approximate surface area is 292 Å². The Morgan fingerprint density at radius 2 is 1.67 bits per heavy atom. The van der Waals surface area contributed by atoms with E-state index in [9.17, 15) is 14.4 Å². The molecule has 3 aromatic rings. The summed E-state index contributed by atoms with van der Waals surface area (Å²) in [7, 11) is 3.19. The number of nitrogens with zero attached hydrogens (tertiary/aromatic N) is 1. The van der Waals surface area contributed by atoms with Crippen LogP contribution < -0.4 is 14.2 Å². The summed E-state index contributed by atoms with van der Waals surface area (Å²) in [6.07, 6.45) is 4.68. The van der Waals surface area contributed by atoms with Crippen molar-refractivity contribution in [2.45, 2.75) is 104 Å². The van der Waals surface area contributed by atoms with Crippen LogP contribution in [0.3, 0.4) is 0 Å². The third-order valence-electron chi connectivity index (χ3n) is 9.54. The predicted octanol–water partition coefficient (Wildman–Crippen LogP) is 8.17. The fraction of sp³-hybridized carbons (Fsp3) is 0.488. The van der Waals surface area contributed by atoms with Crippen LogP contribution in [0.5, 0.6) is 17.2 Å². The molecule has 1 saturated heterocycles. The van der Waals surface area contributed by atoms with E-state index in [0.717, 1.165) is 41.5 Å². The van der Waals surface area contributed by atoms with Crippen LogP contribution in [0.1, 0.15) is 104 Å². The zero-order valence-corrected chi connectivity index (χ0v) is 30.3. The van der Waals surface area contributed by atoms with Crippen molar-refractivity contribution in [3.63, 3.8) is 0 Å². The molecule has 1 amide bonds. The quantitative estimate of drug-likeness (QED) is 0.142. The Morgan fingerprint density at radius 3 is 2.37 bits per heavy atom. The fourth-order valence-corrected chi connectivity index (χ4v) is 6.66.